The van der Waals surface area contributed by atoms with Gasteiger partial charge in [0.2, 0.25) is 0 Å². The topological polar surface area (TPSA) is 38.3 Å². The number of hydrogen-bond donors (Lipinski definition) is 1. The number of carbonyl (C=O) groups is 1. The molecule has 0 spiro atoms. The van der Waals surface area contributed by atoms with Crippen molar-refractivity contribution in [3.63, 3.8) is 0 Å². The van der Waals surface area contributed by atoms with Crippen molar-refractivity contribution in [1.29, 1.82) is 0 Å². The van der Waals surface area contributed by atoms with Gasteiger partial charge in [0.15, 0.2) is 6.61 Å². The molecule has 0 bridgehead atoms. The van der Waals surface area contributed by atoms with Gasteiger partial charge in [-0.05, 0) is 36.8 Å². The minimum absolute atomic E-state index is 0.00868. The van der Waals surface area contributed by atoms with Crippen LogP contribution in [0.5, 0.6) is 5.75 Å². The van der Waals surface area contributed by atoms with E-state index in [4.69, 9.17) is 4.74 Å². The predicted molar refractivity (Wildman–Crippen MR) is 90.3 cm³/mol. The average Bonchev–Trinajstić information content (AvgIpc) is 2.45. The molecule has 110 valence electrons. The van der Waals surface area contributed by atoms with E-state index in [9.17, 15) is 4.79 Å². The molecule has 0 aliphatic heterocycles. The van der Waals surface area contributed by atoms with E-state index in [1.165, 1.54) is 0 Å². The van der Waals surface area contributed by atoms with Crippen LogP contribution in [0.2, 0.25) is 0 Å². The van der Waals surface area contributed by atoms with E-state index in [1.807, 2.05) is 55.5 Å². The monoisotopic (exact) mass is 411 g/mol. The molecule has 0 saturated heterocycles. The van der Waals surface area contributed by atoms with Gasteiger partial charge in [0.1, 0.15) is 5.75 Å². The lowest BCUT2D eigenvalue weighted by Gasteiger charge is -2.16. The Labute approximate surface area is 141 Å². The number of halogens is 2. The van der Waals surface area contributed by atoms with Gasteiger partial charge in [-0.3, -0.25) is 4.79 Å². The molecule has 0 unspecified atom stereocenters. The molecule has 1 atom stereocenters. The Balaban J connectivity index is 1.89. The fraction of sp³-hybridized carbons (Fsp3) is 0.188. The molecule has 0 heterocycles. The molecular weight excluding hydrogens is 398 g/mol. The average molecular weight is 413 g/mol. The highest BCUT2D eigenvalue weighted by Crippen LogP contribution is 2.22. The van der Waals surface area contributed by atoms with E-state index in [-0.39, 0.29) is 18.6 Å². The second-order valence-corrected chi connectivity index (χ2v) is 6.33. The Bertz CT molecular complexity index is 631. The molecule has 0 aromatic heterocycles. The van der Waals surface area contributed by atoms with Crippen molar-refractivity contribution in [2.75, 3.05) is 6.61 Å². The lowest BCUT2D eigenvalue weighted by molar-refractivity contribution is -0.123. The van der Waals surface area contributed by atoms with E-state index in [0.29, 0.717) is 5.75 Å². The standard InChI is InChI=1S/C16H15Br2NO2/c1-11(14-7-2-3-8-15(14)18)19-16(20)10-21-13-6-4-5-12(17)9-13/h2-9,11H,10H2,1H3,(H,19,20)/t11-/m0/s1. The fourth-order valence-electron chi connectivity index (χ4n) is 1.89. The van der Waals surface area contributed by atoms with Gasteiger partial charge in [-0.1, -0.05) is 56.1 Å². The van der Waals surface area contributed by atoms with Crippen molar-refractivity contribution >= 4 is 37.8 Å². The lowest BCUT2D eigenvalue weighted by Crippen LogP contribution is -2.31. The molecule has 2 rings (SSSR count). The predicted octanol–water partition coefficient (Wildman–Crippen LogP) is 4.47. The Hall–Kier alpha value is -1.33. The first kappa shape index (κ1) is 16.0. The maximum Gasteiger partial charge on any atom is 0.258 e. The Morgan fingerprint density at radius 3 is 2.67 bits per heavy atom. The summed E-state index contributed by atoms with van der Waals surface area (Å²) in [4.78, 5) is 11.9. The largest absolute Gasteiger partial charge is 0.484 e. The van der Waals surface area contributed by atoms with Gasteiger partial charge in [-0.15, -0.1) is 0 Å². The van der Waals surface area contributed by atoms with Crippen molar-refractivity contribution in [2.45, 2.75) is 13.0 Å². The molecule has 0 radical (unpaired) electrons. The van der Waals surface area contributed by atoms with Gasteiger partial charge in [0.25, 0.3) is 5.91 Å². The molecule has 0 aliphatic carbocycles. The van der Waals surface area contributed by atoms with E-state index < -0.39 is 0 Å². The summed E-state index contributed by atoms with van der Waals surface area (Å²) in [5.74, 6) is 0.506. The first-order valence-electron chi connectivity index (χ1n) is 6.48. The number of hydrogen-bond acceptors (Lipinski definition) is 2. The smallest absolute Gasteiger partial charge is 0.258 e. The summed E-state index contributed by atoms with van der Waals surface area (Å²) in [5.41, 5.74) is 1.04. The highest BCUT2D eigenvalue weighted by molar-refractivity contribution is 9.10. The van der Waals surface area contributed by atoms with Gasteiger partial charge in [-0.2, -0.15) is 0 Å². The van der Waals surface area contributed by atoms with Crippen LogP contribution in [-0.2, 0) is 4.79 Å². The minimum Gasteiger partial charge on any atom is -0.484 e. The van der Waals surface area contributed by atoms with E-state index in [1.54, 1.807) is 0 Å². The maximum absolute atomic E-state index is 11.9. The summed E-state index contributed by atoms with van der Waals surface area (Å²) in [6, 6.07) is 15.1. The van der Waals surface area contributed by atoms with Crippen LogP contribution in [-0.4, -0.2) is 12.5 Å². The molecule has 0 aliphatic rings. The zero-order valence-electron chi connectivity index (χ0n) is 11.5. The van der Waals surface area contributed by atoms with E-state index in [0.717, 1.165) is 14.5 Å². The second kappa shape index (κ2) is 7.61. The van der Waals surface area contributed by atoms with Gasteiger partial charge in [0.05, 0.1) is 6.04 Å². The van der Waals surface area contributed by atoms with Crippen molar-refractivity contribution in [2.24, 2.45) is 0 Å². The Morgan fingerprint density at radius 2 is 1.95 bits per heavy atom. The highest BCUT2D eigenvalue weighted by atomic mass is 79.9. The third kappa shape index (κ3) is 4.86. The zero-order chi connectivity index (χ0) is 15.2. The van der Waals surface area contributed by atoms with Crippen LogP contribution in [0.1, 0.15) is 18.5 Å². The molecule has 1 N–H and O–H groups in total. The molecule has 2 aromatic rings. The fourth-order valence-corrected chi connectivity index (χ4v) is 2.90. The number of benzene rings is 2. The van der Waals surface area contributed by atoms with Crippen molar-refractivity contribution in [3.05, 3.63) is 63.0 Å². The minimum atomic E-state index is -0.154. The summed E-state index contributed by atoms with van der Waals surface area (Å²) in [6.45, 7) is 1.93. The SMILES string of the molecule is C[C@H](NC(=O)COc1cccc(Br)c1)c1ccccc1Br. The first-order valence-corrected chi connectivity index (χ1v) is 8.07. The lowest BCUT2D eigenvalue weighted by atomic mass is 10.1. The molecule has 21 heavy (non-hydrogen) atoms. The summed E-state index contributed by atoms with van der Waals surface area (Å²) in [5, 5.41) is 2.92. The zero-order valence-corrected chi connectivity index (χ0v) is 14.6. The number of rotatable bonds is 5. The second-order valence-electron chi connectivity index (χ2n) is 4.56. The summed E-state index contributed by atoms with van der Waals surface area (Å²) in [7, 11) is 0. The van der Waals surface area contributed by atoms with Crippen LogP contribution in [0.15, 0.2) is 57.5 Å². The number of ether oxygens (including phenoxy) is 1. The normalized spacial score (nSPS) is 11.8. The number of carbonyl (C=O) groups excluding carboxylic acids is 1. The van der Waals surface area contributed by atoms with Crippen molar-refractivity contribution in [1.82, 2.24) is 5.32 Å². The molecule has 0 saturated carbocycles. The van der Waals surface area contributed by atoms with Gasteiger partial charge in [-0.25, -0.2) is 0 Å². The van der Waals surface area contributed by atoms with Crippen LogP contribution in [0.25, 0.3) is 0 Å². The van der Waals surface area contributed by atoms with Gasteiger partial charge < -0.3 is 10.1 Å². The summed E-state index contributed by atoms with van der Waals surface area (Å²) >= 11 is 6.84. The van der Waals surface area contributed by atoms with Crippen LogP contribution < -0.4 is 10.1 Å². The van der Waals surface area contributed by atoms with Gasteiger partial charge >= 0.3 is 0 Å². The third-order valence-corrected chi connectivity index (χ3v) is 4.13. The summed E-state index contributed by atoms with van der Waals surface area (Å²) < 4.78 is 7.36. The van der Waals surface area contributed by atoms with Crippen molar-refractivity contribution < 1.29 is 9.53 Å². The first-order chi connectivity index (χ1) is 10.1. The molecule has 3 nitrogen and oxygen atoms in total. The highest BCUT2D eigenvalue weighted by Gasteiger charge is 2.12. The molecule has 1 amide bonds. The van der Waals surface area contributed by atoms with Crippen LogP contribution >= 0.6 is 31.9 Å². The number of nitrogens with one attached hydrogen (secondary N) is 1. The van der Waals surface area contributed by atoms with Crippen molar-refractivity contribution in [3.8, 4) is 5.75 Å². The van der Waals surface area contributed by atoms with E-state index in [2.05, 4.69) is 37.2 Å². The molecular formula is C16H15Br2NO2. The third-order valence-electron chi connectivity index (χ3n) is 2.92. The van der Waals surface area contributed by atoms with Gasteiger partial charge in [0, 0.05) is 8.95 Å². The van der Waals surface area contributed by atoms with Crippen LogP contribution in [0.3, 0.4) is 0 Å². The number of amides is 1. The maximum atomic E-state index is 11.9. The molecule has 5 heteroatoms. The van der Waals surface area contributed by atoms with Crippen LogP contribution in [0.4, 0.5) is 0 Å². The molecule has 2 aromatic carbocycles. The van der Waals surface area contributed by atoms with Crippen LogP contribution in [0, 0.1) is 0 Å². The molecule has 0 fully saturated rings. The quantitative estimate of drug-likeness (QED) is 0.786. The Morgan fingerprint density at radius 1 is 1.19 bits per heavy atom. The Kier molecular flexibility index (Phi) is 5.82. The van der Waals surface area contributed by atoms with E-state index >= 15 is 0 Å². The summed E-state index contributed by atoms with van der Waals surface area (Å²) in [6.07, 6.45) is 0.